The van der Waals surface area contributed by atoms with Gasteiger partial charge in [-0.05, 0) is 11.6 Å². The van der Waals surface area contributed by atoms with Gasteiger partial charge in [-0.25, -0.2) is 4.98 Å². The Balaban J connectivity index is 2.06. The summed E-state index contributed by atoms with van der Waals surface area (Å²) in [6.45, 7) is 7.52. The lowest BCUT2D eigenvalue weighted by Crippen LogP contribution is -2.21. The van der Waals surface area contributed by atoms with Crippen molar-refractivity contribution in [2.24, 2.45) is 0 Å². The predicted octanol–water partition coefficient (Wildman–Crippen LogP) is 3.17. The fraction of sp³-hybridized carbons (Fsp3) is 0.471. The Bertz CT molecular complexity index is 712. The Hall–Kier alpha value is -2.03. The zero-order valence-corrected chi connectivity index (χ0v) is 15.9. The molecule has 1 aromatic carbocycles. The van der Waals surface area contributed by atoms with E-state index in [0.717, 1.165) is 12.7 Å². The first-order valence-corrected chi connectivity index (χ1v) is 12.0. The average molecular weight is 363 g/mol. The van der Waals surface area contributed by atoms with Gasteiger partial charge >= 0.3 is 0 Å². The second-order valence-corrected chi connectivity index (χ2v) is 12.9. The zero-order valence-electron chi connectivity index (χ0n) is 14.9. The molecule has 25 heavy (non-hydrogen) atoms. The van der Waals surface area contributed by atoms with Crippen molar-refractivity contribution in [2.75, 3.05) is 13.2 Å². The molecule has 2 rings (SSSR count). The van der Waals surface area contributed by atoms with Crippen molar-refractivity contribution in [2.45, 2.75) is 38.5 Å². The fourth-order valence-corrected chi connectivity index (χ4v) is 3.14. The minimum absolute atomic E-state index is 0.414. The van der Waals surface area contributed by atoms with Crippen molar-refractivity contribution in [1.29, 1.82) is 0 Å². The van der Waals surface area contributed by atoms with Gasteiger partial charge in [0.05, 0.1) is 12.0 Å². The SMILES string of the molecule is C[Si](C)(C)CCOCn1cnc(-c2ccccc2C(O)C[N+](=O)[O-])c1. The van der Waals surface area contributed by atoms with Crippen LogP contribution in [0.5, 0.6) is 0 Å². The topological polar surface area (TPSA) is 90.4 Å². The summed E-state index contributed by atoms with van der Waals surface area (Å²) < 4.78 is 7.52. The first-order valence-electron chi connectivity index (χ1n) is 8.25. The molecule has 0 amide bonds. The quantitative estimate of drug-likeness (QED) is 0.320. The highest BCUT2D eigenvalue weighted by Gasteiger charge is 2.19. The Kier molecular flexibility index (Phi) is 6.46. The van der Waals surface area contributed by atoms with Crippen molar-refractivity contribution in [3.63, 3.8) is 0 Å². The van der Waals surface area contributed by atoms with Crippen molar-refractivity contribution in [3.8, 4) is 11.3 Å². The largest absolute Gasteiger partial charge is 0.381 e. The van der Waals surface area contributed by atoms with E-state index < -0.39 is 25.6 Å². The lowest BCUT2D eigenvalue weighted by atomic mass is 10.0. The summed E-state index contributed by atoms with van der Waals surface area (Å²) in [6.07, 6.45) is 2.33. The maximum Gasteiger partial charge on any atom is 0.233 e. The van der Waals surface area contributed by atoms with Gasteiger partial charge in [-0.1, -0.05) is 43.9 Å². The van der Waals surface area contributed by atoms with Crippen molar-refractivity contribution in [1.82, 2.24) is 9.55 Å². The van der Waals surface area contributed by atoms with E-state index in [0.29, 0.717) is 23.6 Å². The smallest absolute Gasteiger partial charge is 0.233 e. The van der Waals surface area contributed by atoms with Gasteiger partial charge in [-0.2, -0.15) is 0 Å². The molecule has 0 bridgehead atoms. The summed E-state index contributed by atoms with van der Waals surface area (Å²) in [5, 5.41) is 20.8. The van der Waals surface area contributed by atoms with E-state index in [4.69, 9.17) is 4.74 Å². The third-order valence-corrected chi connectivity index (χ3v) is 5.49. The van der Waals surface area contributed by atoms with Crippen LogP contribution in [-0.4, -0.2) is 40.8 Å². The summed E-state index contributed by atoms with van der Waals surface area (Å²) in [6, 6.07) is 8.16. The number of benzene rings is 1. The van der Waals surface area contributed by atoms with Crippen LogP contribution in [0.4, 0.5) is 0 Å². The number of aromatic nitrogens is 2. The van der Waals surface area contributed by atoms with Crippen LogP contribution in [0.15, 0.2) is 36.8 Å². The number of nitro groups is 1. The Morgan fingerprint density at radius 3 is 2.76 bits per heavy atom. The Morgan fingerprint density at radius 2 is 2.08 bits per heavy atom. The number of aliphatic hydroxyl groups is 1. The normalized spacial score (nSPS) is 13.0. The number of aliphatic hydroxyl groups excluding tert-OH is 1. The highest BCUT2D eigenvalue weighted by Crippen LogP contribution is 2.27. The minimum Gasteiger partial charge on any atom is -0.381 e. The molecule has 0 fully saturated rings. The standard InChI is InChI=1S/C17H25N3O4Si/c1-25(2,3)9-8-24-13-19-10-16(18-12-19)14-6-4-5-7-15(14)17(21)11-20(22)23/h4-7,10,12,17,21H,8-9,11,13H2,1-3H3. The van der Waals surface area contributed by atoms with E-state index in [1.165, 1.54) is 0 Å². The Morgan fingerprint density at radius 1 is 1.36 bits per heavy atom. The molecule has 0 aliphatic rings. The highest BCUT2D eigenvalue weighted by molar-refractivity contribution is 6.76. The maximum absolute atomic E-state index is 10.7. The van der Waals surface area contributed by atoms with Crippen LogP contribution in [0.1, 0.15) is 11.7 Å². The molecule has 1 unspecified atom stereocenters. The van der Waals surface area contributed by atoms with E-state index in [9.17, 15) is 15.2 Å². The van der Waals surface area contributed by atoms with E-state index in [1.807, 2.05) is 16.8 Å². The molecule has 1 heterocycles. The van der Waals surface area contributed by atoms with Crippen LogP contribution in [0.25, 0.3) is 11.3 Å². The molecule has 1 atom stereocenters. The maximum atomic E-state index is 10.7. The summed E-state index contributed by atoms with van der Waals surface area (Å²) >= 11 is 0. The van der Waals surface area contributed by atoms with Gasteiger partial charge in [0.25, 0.3) is 0 Å². The van der Waals surface area contributed by atoms with Gasteiger partial charge in [0, 0.05) is 31.4 Å². The van der Waals surface area contributed by atoms with E-state index >= 15 is 0 Å². The van der Waals surface area contributed by atoms with Crippen LogP contribution in [0.2, 0.25) is 25.7 Å². The van der Waals surface area contributed by atoms with Crippen LogP contribution in [0, 0.1) is 10.1 Å². The number of imidazole rings is 1. The summed E-state index contributed by atoms with van der Waals surface area (Å²) in [7, 11) is -1.11. The molecular formula is C17H25N3O4Si. The van der Waals surface area contributed by atoms with Crippen LogP contribution in [0.3, 0.4) is 0 Å². The van der Waals surface area contributed by atoms with Gasteiger partial charge in [0.2, 0.25) is 6.54 Å². The summed E-state index contributed by atoms with van der Waals surface area (Å²) in [5.41, 5.74) is 1.86. The number of ether oxygens (including phenoxy) is 1. The number of nitrogens with zero attached hydrogens (tertiary/aromatic N) is 3. The highest BCUT2D eigenvalue weighted by atomic mass is 28.3. The van der Waals surface area contributed by atoms with Crippen LogP contribution < -0.4 is 0 Å². The first-order chi connectivity index (χ1) is 11.8. The third-order valence-electron chi connectivity index (χ3n) is 3.79. The second kappa shape index (κ2) is 8.37. The summed E-state index contributed by atoms with van der Waals surface area (Å²) in [4.78, 5) is 14.5. The van der Waals surface area contributed by atoms with Gasteiger partial charge in [-0.3, -0.25) is 10.1 Å². The predicted molar refractivity (Wildman–Crippen MR) is 98.6 cm³/mol. The second-order valence-electron chi connectivity index (χ2n) is 7.24. The summed E-state index contributed by atoms with van der Waals surface area (Å²) in [5.74, 6) is 0. The lowest BCUT2D eigenvalue weighted by molar-refractivity contribution is -0.491. The molecule has 1 aromatic heterocycles. The molecule has 0 saturated heterocycles. The molecule has 1 N–H and O–H groups in total. The van der Waals surface area contributed by atoms with Gasteiger partial charge < -0.3 is 14.4 Å². The van der Waals surface area contributed by atoms with Crippen molar-refractivity contribution < 1.29 is 14.8 Å². The zero-order chi connectivity index (χ0) is 18.4. The van der Waals surface area contributed by atoms with Crippen molar-refractivity contribution >= 4 is 8.07 Å². The molecular weight excluding hydrogens is 338 g/mol. The van der Waals surface area contributed by atoms with Crippen molar-refractivity contribution in [3.05, 3.63) is 52.5 Å². The molecule has 0 saturated carbocycles. The number of hydrogen-bond donors (Lipinski definition) is 1. The van der Waals surface area contributed by atoms with Gasteiger partial charge in [-0.15, -0.1) is 0 Å². The fourth-order valence-electron chi connectivity index (χ4n) is 2.38. The molecule has 0 spiro atoms. The van der Waals surface area contributed by atoms with Gasteiger partial charge in [0.15, 0.2) is 0 Å². The first kappa shape index (κ1) is 19.3. The minimum atomic E-state index is -1.16. The monoisotopic (exact) mass is 363 g/mol. The average Bonchev–Trinajstić information content (AvgIpc) is 2.99. The Labute approximate surface area is 148 Å². The van der Waals surface area contributed by atoms with E-state index in [2.05, 4.69) is 24.6 Å². The molecule has 2 aromatic rings. The number of hydrogen-bond acceptors (Lipinski definition) is 5. The molecule has 0 aliphatic carbocycles. The molecule has 0 aliphatic heterocycles. The molecule has 8 heteroatoms. The molecule has 7 nitrogen and oxygen atoms in total. The number of rotatable bonds is 9. The molecule has 0 radical (unpaired) electrons. The van der Waals surface area contributed by atoms with E-state index in [-0.39, 0.29) is 0 Å². The van der Waals surface area contributed by atoms with Crippen LogP contribution >= 0.6 is 0 Å². The van der Waals surface area contributed by atoms with Crippen LogP contribution in [-0.2, 0) is 11.5 Å². The lowest BCUT2D eigenvalue weighted by Gasteiger charge is -2.15. The van der Waals surface area contributed by atoms with E-state index in [1.54, 1.807) is 24.5 Å². The van der Waals surface area contributed by atoms with Gasteiger partial charge in [0.1, 0.15) is 12.8 Å². The third kappa shape index (κ3) is 6.08. The molecule has 136 valence electrons.